The zero-order valence-electron chi connectivity index (χ0n) is 15.2. The van der Waals surface area contributed by atoms with E-state index in [1.807, 2.05) is 30.7 Å². The molecule has 4 rings (SSSR count). The summed E-state index contributed by atoms with van der Waals surface area (Å²) in [5.74, 6) is 0.246. The van der Waals surface area contributed by atoms with Gasteiger partial charge in [-0.25, -0.2) is 0 Å². The monoisotopic (exact) mass is 386 g/mol. The molecule has 8 heteroatoms. The average Bonchev–Trinajstić information content (AvgIpc) is 3.24. The Morgan fingerprint density at radius 3 is 2.57 bits per heavy atom. The van der Waals surface area contributed by atoms with Crippen LogP contribution >= 0.6 is 0 Å². The molecule has 1 amide bonds. The van der Waals surface area contributed by atoms with Gasteiger partial charge in [-0.2, -0.15) is 13.2 Å². The number of alkyl halides is 3. The lowest BCUT2D eigenvalue weighted by atomic mass is 9.99. The van der Waals surface area contributed by atoms with Crippen molar-refractivity contribution in [2.24, 2.45) is 7.05 Å². The van der Waals surface area contributed by atoms with E-state index < -0.39 is 17.6 Å². The van der Waals surface area contributed by atoms with Crippen molar-refractivity contribution in [3.05, 3.63) is 76.9 Å². The van der Waals surface area contributed by atoms with Crippen LogP contribution in [-0.2, 0) is 19.8 Å². The number of halogens is 3. The Labute approximate surface area is 159 Å². The maximum Gasteiger partial charge on any atom is 0.416 e. The van der Waals surface area contributed by atoms with Gasteiger partial charge >= 0.3 is 6.18 Å². The number of hydrogen-bond donors (Lipinski definition) is 0. The van der Waals surface area contributed by atoms with Gasteiger partial charge in [-0.15, -0.1) is 10.2 Å². The predicted octanol–water partition coefficient (Wildman–Crippen LogP) is 4.15. The van der Waals surface area contributed by atoms with Crippen LogP contribution in [0.3, 0.4) is 0 Å². The van der Waals surface area contributed by atoms with Gasteiger partial charge in [-0.05, 0) is 35.4 Å². The van der Waals surface area contributed by atoms with Gasteiger partial charge in [0.25, 0.3) is 5.91 Å². The van der Waals surface area contributed by atoms with Crippen molar-refractivity contribution < 1.29 is 18.0 Å². The standard InChI is InChI=1S/C20H17F3N4O/c1-12(18-25-24-11-26(18)2)13-5-3-6-14(9-13)27-10-16-15(19(27)28)7-4-8-17(16)20(21,22)23/h3-9,11-12H,10H2,1-2H3/t12-/m0/s1. The fraction of sp³-hybridized carbons (Fsp3) is 0.250. The van der Waals surface area contributed by atoms with Gasteiger partial charge < -0.3 is 9.47 Å². The van der Waals surface area contributed by atoms with Crippen LogP contribution in [0.2, 0.25) is 0 Å². The lowest BCUT2D eigenvalue weighted by Crippen LogP contribution is -2.23. The molecule has 1 aliphatic rings. The number of hydrogen-bond acceptors (Lipinski definition) is 3. The molecule has 0 bridgehead atoms. The van der Waals surface area contributed by atoms with E-state index in [-0.39, 0.29) is 23.6 Å². The summed E-state index contributed by atoms with van der Waals surface area (Å²) >= 11 is 0. The van der Waals surface area contributed by atoms with Gasteiger partial charge in [0.2, 0.25) is 0 Å². The van der Waals surface area contributed by atoms with Crippen LogP contribution < -0.4 is 4.90 Å². The number of rotatable bonds is 3. The quantitative estimate of drug-likeness (QED) is 0.680. The molecule has 0 fully saturated rings. The van der Waals surface area contributed by atoms with Crippen LogP contribution in [0.25, 0.3) is 0 Å². The Balaban J connectivity index is 1.70. The Bertz CT molecular complexity index is 1060. The smallest absolute Gasteiger partial charge is 0.320 e. The van der Waals surface area contributed by atoms with Gasteiger partial charge in [-0.1, -0.05) is 25.1 Å². The Morgan fingerprint density at radius 1 is 1.14 bits per heavy atom. The molecule has 1 atom stereocenters. The van der Waals surface area contributed by atoms with E-state index in [1.165, 1.54) is 17.0 Å². The molecular formula is C20H17F3N4O. The first-order valence-corrected chi connectivity index (χ1v) is 8.72. The molecule has 0 N–H and O–H groups in total. The highest BCUT2D eigenvalue weighted by molar-refractivity contribution is 6.10. The number of carbonyl (C=O) groups excluding carboxylic acids is 1. The summed E-state index contributed by atoms with van der Waals surface area (Å²) in [6.45, 7) is 1.86. The summed E-state index contributed by atoms with van der Waals surface area (Å²) in [6, 6.07) is 11.0. The molecule has 144 valence electrons. The molecule has 0 saturated carbocycles. The second-order valence-electron chi connectivity index (χ2n) is 6.84. The maximum atomic E-state index is 13.3. The first-order valence-electron chi connectivity index (χ1n) is 8.72. The van der Waals surface area contributed by atoms with Crippen molar-refractivity contribution in [3.63, 3.8) is 0 Å². The van der Waals surface area contributed by atoms with Crippen molar-refractivity contribution >= 4 is 11.6 Å². The van der Waals surface area contributed by atoms with Crippen molar-refractivity contribution in [1.82, 2.24) is 14.8 Å². The van der Waals surface area contributed by atoms with Crippen molar-refractivity contribution in [2.45, 2.75) is 25.6 Å². The molecular weight excluding hydrogens is 369 g/mol. The molecule has 1 aromatic heterocycles. The molecule has 0 radical (unpaired) electrons. The third-order valence-corrected chi connectivity index (χ3v) is 5.09. The van der Waals surface area contributed by atoms with E-state index in [4.69, 9.17) is 0 Å². The second kappa shape index (κ2) is 6.47. The predicted molar refractivity (Wildman–Crippen MR) is 96.9 cm³/mol. The van der Waals surface area contributed by atoms with Crippen LogP contribution in [0.5, 0.6) is 0 Å². The number of aryl methyl sites for hydroxylation is 1. The molecule has 5 nitrogen and oxygen atoms in total. The Morgan fingerprint density at radius 2 is 1.89 bits per heavy atom. The minimum absolute atomic E-state index is 0.0201. The topological polar surface area (TPSA) is 51.0 Å². The summed E-state index contributed by atoms with van der Waals surface area (Å²) in [5.41, 5.74) is 0.812. The third kappa shape index (κ3) is 2.94. The number of amides is 1. The average molecular weight is 386 g/mol. The zero-order valence-corrected chi connectivity index (χ0v) is 15.2. The first-order chi connectivity index (χ1) is 13.3. The van der Waals surface area contributed by atoms with Gasteiger partial charge in [0.15, 0.2) is 0 Å². The van der Waals surface area contributed by atoms with Crippen molar-refractivity contribution in [3.8, 4) is 0 Å². The molecule has 0 aliphatic carbocycles. The van der Waals surface area contributed by atoms with Crippen LogP contribution in [0.15, 0.2) is 48.8 Å². The van der Waals surface area contributed by atoms with Gasteiger partial charge in [-0.3, -0.25) is 4.79 Å². The normalized spacial score (nSPS) is 15.0. The largest absolute Gasteiger partial charge is 0.416 e. The minimum Gasteiger partial charge on any atom is -0.320 e. The molecule has 0 spiro atoms. The molecule has 0 saturated heterocycles. The number of aromatic nitrogens is 3. The lowest BCUT2D eigenvalue weighted by Gasteiger charge is -2.19. The molecule has 28 heavy (non-hydrogen) atoms. The lowest BCUT2D eigenvalue weighted by molar-refractivity contribution is -0.138. The number of fused-ring (bicyclic) bond motifs is 1. The minimum atomic E-state index is -4.50. The number of benzene rings is 2. The van der Waals surface area contributed by atoms with E-state index in [1.54, 1.807) is 18.5 Å². The fourth-order valence-corrected chi connectivity index (χ4v) is 3.60. The zero-order chi connectivity index (χ0) is 20.1. The second-order valence-corrected chi connectivity index (χ2v) is 6.84. The molecule has 0 unspecified atom stereocenters. The van der Waals surface area contributed by atoms with Gasteiger partial charge in [0.1, 0.15) is 12.2 Å². The van der Waals surface area contributed by atoms with E-state index in [9.17, 15) is 18.0 Å². The van der Waals surface area contributed by atoms with Crippen LogP contribution in [0, 0.1) is 0 Å². The van der Waals surface area contributed by atoms with Crippen LogP contribution in [0.4, 0.5) is 18.9 Å². The Kier molecular flexibility index (Phi) is 4.21. The summed E-state index contributed by atoms with van der Waals surface area (Å²) < 4.78 is 41.8. The highest BCUT2D eigenvalue weighted by Crippen LogP contribution is 2.39. The van der Waals surface area contributed by atoms with E-state index in [0.717, 1.165) is 17.5 Å². The van der Waals surface area contributed by atoms with Gasteiger partial charge in [0.05, 0.1) is 12.1 Å². The molecule has 3 aromatic rings. The number of anilines is 1. The maximum absolute atomic E-state index is 13.3. The van der Waals surface area contributed by atoms with Crippen molar-refractivity contribution in [2.75, 3.05) is 4.90 Å². The van der Waals surface area contributed by atoms with E-state index in [0.29, 0.717) is 5.69 Å². The van der Waals surface area contributed by atoms with Gasteiger partial charge in [0, 0.05) is 24.2 Å². The molecule has 2 heterocycles. The summed E-state index contributed by atoms with van der Waals surface area (Å²) in [5, 5.41) is 7.99. The van der Waals surface area contributed by atoms with Crippen LogP contribution in [-0.4, -0.2) is 20.7 Å². The van der Waals surface area contributed by atoms with E-state index in [2.05, 4.69) is 10.2 Å². The van der Waals surface area contributed by atoms with Crippen LogP contribution in [0.1, 0.15) is 45.7 Å². The number of carbonyl (C=O) groups is 1. The van der Waals surface area contributed by atoms with E-state index >= 15 is 0 Å². The summed E-state index contributed by atoms with van der Waals surface area (Å²) in [7, 11) is 1.84. The molecule has 1 aliphatic heterocycles. The first kappa shape index (κ1) is 18.2. The fourth-order valence-electron chi connectivity index (χ4n) is 3.60. The summed E-state index contributed by atoms with van der Waals surface area (Å²) in [4.78, 5) is 14.2. The summed E-state index contributed by atoms with van der Waals surface area (Å²) in [6.07, 6.45) is -2.89. The number of nitrogens with zero attached hydrogens (tertiary/aromatic N) is 4. The highest BCUT2D eigenvalue weighted by atomic mass is 19.4. The highest BCUT2D eigenvalue weighted by Gasteiger charge is 2.39. The molecule has 2 aromatic carbocycles. The SMILES string of the molecule is C[C@@H](c1cccc(N2Cc3c(cccc3C(F)(F)F)C2=O)c1)c1nncn1C. The van der Waals surface area contributed by atoms with Crippen molar-refractivity contribution in [1.29, 1.82) is 0 Å². The Hall–Kier alpha value is -3.16. The third-order valence-electron chi connectivity index (χ3n) is 5.09.